The van der Waals surface area contributed by atoms with Crippen molar-refractivity contribution < 1.29 is 13.2 Å². The molecule has 0 aromatic carbocycles. The third-order valence-electron chi connectivity index (χ3n) is 4.45. The van der Waals surface area contributed by atoms with E-state index in [4.69, 9.17) is 0 Å². The lowest BCUT2D eigenvalue weighted by Crippen LogP contribution is -2.41. The Bertz CT molecular complexity index is 598. The molecule has 0 saturated carbocycles. The Balaban J connectivity index is 0.00000392. The maximum atomic E-state index is 12.6. The second kappa shape index (κ2) is 12.2. The Morgan fingerprint density at radius 3 is 2.54 bits per heavy atom. The zero-order valence-electron chi connectivity index (χ0n) is 16.7. The normalized spacial score (nSPS) is 21.3. The van der Waals surface area contributed by atoms with Gasteiger partial charge in [0.15, 0.2) is 11.7 Å². The Kier molecular flexibility index (Phi) is 11.0. The van der Waals surface area contributed by atoms with Gasteiger partial charge in [-0.15, -0.1) is 35.3 Å². The molecule has 0 aliphatic carbocycles. The predicted octanol–water partition coefficient (Wildman–Crippen LogP) is 4.20. The van der Waals surface area contributed by atoms with Crippen LogP contribution in [-0.2, 0) is 12.7 Å². The van der Waals surface area contributed by atoms with Crippen LogP contribution in [0.5, 0.6) is 0 Å². The third-order valence-corrected chi connectivity index (χ3v) is 5.28. The lowest BCUT2D eigenvalue weighted by Gasteiger charge is -2.35. The molecule has 1 aromatic heterocycles. The topological polar surface area (TPSA) is 52.6 Å². The lowest BCUT2D eigenvalue weighted by molar-refractivity contribution is -0.140. The van der Waals surface area contributed by atoms with E-state index in [1.54, 1.807) is 0 Å². The highest BCUT2D eigenvalue weighted by Crippen LogP contribution is 2.30. The molecule has 0 amide bonds. The number of rotatable bonds is 7. The van der Waals surface area contributed by atoms with Crippen LogP contribution in [0.2, 0.25) is 0 Å². The van der Waals surface area contributed by atoms with Gasteiger partial charge in [-0.1, -0.05) is 13.8 Å². The van der Waals surface area contributed by atoms with Gasteiger partial charge in [-0.25, -0.2) is 9.98 Å². The van der Waals surface area contributed by atoms with Crippen molar-refractivity contribution in [2.45, 2.75) is 46.3 Å². The third kappa shape index (κ3) is 8.81. The second-order valence-electron chi connectivity index (χ2n) is 7.31. The second-order valence-corrected chi connectivity index (χ2v) is 8.25. The van der Waals surface area contributed by atoms with Crippen LogP contribution in [0.1, 0.15) is 44.3 Å². The highest BCUT2D eigenvalue weighted by Gasteiger charge is 2.33. The Morgan fingerprint density at radius 2 is 1.96 bits per heavy atom. The Labute approximate surface area is 186 Å². The van der Waals surface area contributed by atoms with E-state index in [0.29, 0.717) is 17.5 Å². The molecule has 1 aliphatic heterocycles. The van der Waals surface area contributed by atoms with Gasteiger partial charge >= 0.3 is 6.18 Å². The van der Waals surface area contributed by atoms with E-state index in [2.05, 4.69) is 39.4 Å². The van der Waals surface area contributed by atoms with E-state index in [1.807, 2.05) is 6.92 Å². The molecule has 10 heteroatoms. The molecule has 2 heterocycles. The highest BCUT2D eigenvalue weighted by molar-refractivity contribution is 14.0. The predicted molar refractivity (Wildman–Crippen MR) is 119 cm³/mol. The fourth-order valence-electron chi connectivity index (χ4n) is 3.49. The van der Waals surface area contributed by atoms with Crippen molar-refractivity contribution in [1.82, 2.24) is 20.5 Å². The molecule has 0 spiro atoms. The van der Waals surface area contributed by atoms with E-state index >= 15 is 0 Å². The monoisotopic (exact) mass is 533 g/mol. The highest BCUT2D eigenvalue weighted by atomic mass is 127. The van der Waals surface area contributed by atoms with Crippen LogP contribution in [0.4, 0.5) is 13.2 Å². The first-order valence-electron chi connectivity index (χ1n) is 9.54. The number of thiazole rings is 1. The molecule has 162 valence electrons. The molecule has 5 nitrogen and oxygen atoms in total. The summed E-state index contributed by atoms with van der Waals surface area (Å²) in [5.74, 6) is 2.11. The van der Waals surface area contributed by atoms with Gasteiger partial charge in [-0.05, 0) is 38.1 Å². The SMILES string of the molecule is CCNC(=NCc1nc(C(F)(F)F)cs1)NCCCN1CC(C)CC(C)C1.I. The van der Waals surface area contributed by atoms with Crippen LogP contribution < -0.4 is 10.6 Å². The number of hydrogen-bond donors (Lipinski definition) is 2. The zero-order chi connectivity index (χ0) is 19.9. The van der Waals surface area contributed by atoms with Crippen molar-refractivity contribution >= 4 is 41.3 Å². The van der Waals surface area contributed by atoms with Crippen molar-refractivity contribution in [2.75, 3.05) is 32.7 Å². The first-order valence-corrected chi connectivity index (χ1v) is 10.4. The summed E-state index contributed by atoms with van der Waals surface area (Å²) in [4.78, 5) is 10.5. The number of hydrogen-bond acceptors (Lipinski definition) is 4. The Morgan fingerprint density at radius 1 is 1.29 bits per heavy atom. The Hall–Kier alpha value is -0.620. The molecule has 2 N–H and O–H groups in total. The molecule has 0 radical (unpaired) electrons. The molecule has 1 saturated heterocycles. The summed E-state index contributed by atoms with van der Waals surface area (Å²) in [6.45, 7) is 11.5. The number of aliphatic imine (C=N–C) groups is 1. The van der Waals surface area contributed by atoms with Gasteiger partial charge in [0.2, 0.25) is 0 Å². The van der Waals surface area contributed by atoms with E-state index < -0.39 is 11.9 Å². The van der Waals surface area contributed by atoms with Crippen molar-refractivity contribution in [1.29, 1.82) is 0 Å². The summed E-state index contributed by atoms with van der Waals surface area (Å²) in [5.41, 5.74) is -0.847. The van der Waals surface area contributed by atoms with Gasteiger partial charge in [0.25, 0.3) is 0 Å². The first kappa shape index (κ1) is 25.4. The molecule has 1 fully saturated rings. The molecule has 2 atom stereocenters. The average molecular weight is 533 g/mol. The van der Waals surface area contributed by atoms with Gasteiger partial charge in [0.05, 0.1) is 6.54 Å². The average Bonchev–Trinajstić information content (AvgIpc) is 3.05. The summed E-state index contributed by atoms with van der Waals surface area (Å²) in [5, 5.41) is 7.77. The van der Waals surface area contributed by atoms with E-state index in [-0.39, 0.29) is 30.5 Å². The van der Waals surface area contributed by atoms with Crippen LogP contribution in [0.3, 0.4) is 0 Å². The van der Waals surface area contributed by atoms with Crippen LogP contribution in [0.25, 0.3) is 0 Å². The van der Waals surface area contributed by atoms with Crippen LogP contribution in [0.15, 0.2) is 10.4 Å². The van der Waals surface area contributed by atoms with Crippen molar-refractivity contribution in [3.63, 3.8) is 0 Å². The van der Waals surface area contributed by atoms with Gasteiger partial charge in [-0.3, -0.25) is 0 Å². The van der Waals surface area contributed by atoms with Gasteiger partial charge in [0.1, 0.15) is 5.01 Å². The largest absolute Gasteiger partial charge is 0.434 e. The van der Waals surface area contributed by atoms with Crippen LogP contribution in [-0.4, -0.2) is 48.6 Å². The first-order chi connectivity index (χ1) is 12.8. The number of nitrogens with one attached hydrogen (secondary N) is 2. The van der Waals surface area contributed by atoms with Gasteiger partial charge in [0, 0.05) is 31.6 Å². The summed E-state index contributed by atoms with van der Waals surface area (Å²) < 4.78 is 37.8. The van der Waals surface area contributed by atoms with Crippen LogP contribution in [0, 0.1) is 11.8 Å². The number of piperidine rings is 1. The minimum atomic E-state index is -4.40. The number of likely N-dealkylation sites (tertiary alicyclic amines) is 1. The van der Waals surface area contributed by atoms with E-state index in [9.17, 15) is 13.2 Å². The fraction of sp³-hybridized carbons (Fsp3) is 0.778. The minimum Gasteiger partial charge on any atom is -0.357 e. The molecule has 28 heavy (non-hydrogen) atoms. The van der Waals surface area contributed by atoms with Crippen LogP contribution >= 0.6 is 35.3 Å². The maximum Gasteiger partial charge on any atom is 0.434 e. The quantitative estimate of drug-likeness (QED) is 0.239. The van der Waals surface area contributed by atoms with Crippen molar-refractivity contribution in [2.24, 2.45) is 16.8 Å². The standard InChI is InChI=1S/C18H30F3N5S.HI/c1-4-22-17(24-9-16-25-15(12-27-16)18(19,20)21)23-6-5-7-26-10-13(2)8-14(3)11-26;/h12-14H,4-11H2,1-3H3,(H2,22,23,24);1H. The maximum absolute atomic E-state index is 12.6. The molecule has 1 aromatic rings. The summed E-state index contributed by atoms with van der Waals surface area (Å²) in [6.07, 6.45) is -2.09. The van der Waals surface area contributed by atoms with Gasteiger partial charge in [-0.2, -0.15) is 13.2 Å². The van der Waals surface area contributed by atoms with E-state index in [1.165, 1.54) is 6.42 Å². The van der Waals surface area contributed by atoms with Crippen molar-refractivity contribution in [3.8, 4) is 0 Å². The molecule has 2 rings (SSSR count). The number of nitrogens with zero attached hydrogens (tertiary/aromatic N) is 3. The minimum absolute atomic E-state index is 0. The summed E-state index contributed by atoms with van der Waals surface area (Å²) >= 11 is 0.984. The lowest BCUT2D eigenvalue weighted by atomic mass is 9.92. The molecule has 1 aliphatic rings. The fourth-order valence-corrected chi connectivity index (χ4v) is 4.21. The molecule has 2 unspecified atom stereocenters. The molecular weight excluding hydrogens is 502 g/mol. The number of aromatic nitrogens is 1. The summed E-state index contributed by atoms with van der Waals surface area (Å²) in [7, 11) is 0. The smallest absolute Gasteiger partial charge is 0.357 e. The number of guanidine groups is 1. The van der Waals surface area contributed by atoms with Crippen molar-refractivity contribution in [3.05, 3.63) is 16.1 Å². The molecule has 0 bridgehead atoms. The number of alkyl halides is 3. The zero-order valence-corrected chi connectivity index (χ0v) is 19.8. The van der Waals surface area contributed by atoms with E-state index in [0.717, 1.165) is 61.2 Å². The van der Waals surface area contributed by atoms with Gasteiger partial charge < -0.3 is 15.5 Å². The summed E-state index contributed by atoms with van der Waals surface area (Å²) in [6, 6.07) is 0. The molecular formula is C18H31F3IN5S. The number of halogens is 4.